The first kappa shape index (κ1) is 11.9. The SMILES string of the molecule is OCCC#Cc1ccc(OC2CCNC2)nc1. The van der Waals surface area contributed by atoms with Crippen LogP contribution >= 0.6 is 0 Å². The van der Waals surface area contributed by atoms with Crippen molar-refractivity contribution in [2.45, 2.75) is 18.9 Å². The number of rotatable bonds is 3. The average Bonchev–Trinajstić information content (AvgIpc) is 2.85. The molecule has 0 aromatic carbocycles. The Hall–Kier alpha value is -1.57. The molecule has 1 aromatic rings. The van der Waals surface area contributed by atoms with Crippen LogP contribution in [0.5, 0.6) is 5.88 Å². The molecule has 2 N–H and O–H groups in total. The highest BCUT2D eigenvalue weighted by Gasteiger charge is 2.15. The molecule has 0 saturated carbocycles. The molecule has 0 amide bonds. The molecule has 1 aromatic heterocycles. The van der Waals surface area contributed by atoms with E-state index in [-0.39, 0.29) is 12.7 Å². The lowest BCUT2D eigenvalue weighted by atomic mass is 10.3. The Bertz CT molecular complexity index is 400. The van der Waals surface area contributed by atoms with Crippen molar-refractivity contribution in [1.29, 1.82) is 0 Å². The molecule has 0 radical (unpaired) electrons. The van der Waals surface area contributed by atoms with Crippen LogP contribution in [0, 0.1) is 11.8 Å². The van der Waals surface area contributed by atoms with Crippen LogP contribution in [-0.4, -0.2) is 35.9 Å². The summed E-state index contributed by atoms with van der Waals surface area (Å²) < 4.78 is 5.69. The van der Waals surface area contributed by atoms with Crippen molar-refractivity contribution in [3.8, 4) is 17.7 Å². The van der Waals surface area contributed by atoms with E-state index >= 15 is 0 Å². The number of aromatic nitrogens is 1. The lowest BCUT2D eigenvalue weighted by Gasteiger charge is -2.10. The Morgan fingerprint density at radius 1 is 1.53 bits per heavy atom. The van der Waals surface area contributed by atoms with Gasteiger partial charge in [0.1, 0.15) is 6.10 Å². The number of aliphatic hydroxyl groups excluding tert-OH is 1. The third kappa shape index (κ3) is 3.74. The molecule has 1 saturated heterocycles. The van der Waals surface area contributed by atoms with Gasteiger partial charge < -0.3 is 15.2 Å². The van der Waals surface area contributed by atoms with E-state index in [4.69, 9.17) is 9.84 Å². The van der Waals surface area contributed by atoms with Crippen LogP contribution in [-0.2, 0) is 0 Å². The number of hydrogen-bond acceptors (Lipinski definition) is 4. The Balaban J connectivity index is 1.91. The van der Waals surface area contributed by atoms with Crippen molar-refractivity contribution in [2.75, 3.05) is 19.7 Å². The van der Waals surface area contributed by atoms with Crippen molar-refractivity contribution in [3.05, 3.63) is 23.9 Å². The second-order valence-corrected chi connectivity index (χ2v) is 3.89. The summed E-state index contributed by atoms with van der Waals surface area (Å²) in [7, 11) is 0. The monoisotopic (exact) mass is 232 g/mol. The van der Waals surface area contributed by atoms with E-state index in [1.807, 2.05) is 12.1 Å². The Kier molecular flexibility index (Phi) is 4.37. The average molecular weight is 232 g/mol. The van der Waals surface area contributed by atoms with Gasteiger partial charge in [0.15, 0.2) is 0 Å². The summed E-state index contributed by atoms with van der Waals surface area (Å²) in [5, 5.41) is 11.8. The number of aliphatic hydroxyl groups is 1. The van der Waals surface area contributed by atoms with Gasteiger partial charge in [-0.05, 0) is 19.0 Å². The maximum Gasteiger partial charge on any atom is 0.213 e. The van der Waals surface area contributed by atoms with Gasteiger partial charge in [-0.1, -0.05) is 11.8 Å². The van der Waals surface area contributed by atoms with E-state index in [0.29, 0.717) is 12.3 Å². The van der Waals surface area contributed by atoms with Crippen LogP contribution in [0.4, 0.5) is 0 Å². The molecule has 1 aliphatic heterocycles. The predicted octanol–water partition coefficient (Wildman–Crippen LogP) is 0.556. The highest BCUT2D eigenvalue weighted by Crippen LogP contribution is 2.12. The lowest BCUT2D eigenvalue weighted by Crippen LogP contribution is -2.19. The Labute approximate surface area is 101 Å². The summed E-state index contributed by atoms with van der Waals surface area (Å²) in [6, 6.07) is 3.72. The molecule has 1 fully saturated rings. The van der Waals surface area contributed by atoms with E-state index in [1.165, 1.54) is 0 Å². The molecule has 1 aliphatic rings. The Morgan fingerprint density at radius 3 is 3.12 bits per heavy atom. The molecule has 1 atom stereocenters. The fraction of sp³-hybridized carbons (Fsp3) is 0.462. The molecular formula is C13H16N2O2. The van der Waals surface area contributed by atoms with Crippen LogP contribution in [0.25, 0.3) is 0 Å². The van der Waals surface area contributed by atoms with Gasteiger partial charge in [-0.3, -0.25) is 0 Å². The minimum absolute atomic E-state index is 0.0936. The summed E-state index contributed by atoms with van der Waals surface area (Å²) in [4.78, 5) is 4.21. The van der Waals surface area contributed by atoms with Gasteiger partial charge >= 0.3 is 0 Å². The minimum Gasteiger partial charge on any atom is -0.473 e. The van der Waals surface area contributed by atoms with Gasteiger partial charge in [0, 0.05) is 30.8 Å². The summed E-state index contributed by atoms with van der Waals surface area (Å²) in [6.45, 7) is 1.99. The predicted molar refractivity (Wildman–Crippen MR) is 64.7 cm³/mol. The largest absolute Gasteiger partial charge is 0.473 e. The second kappa shape index (κ2) is 6.24. The van der Waals surface area contributed by atoms with E-state index in [2.05, 4.69) is 22.1 Å². The van der Waals surface area contributed by atoms with E-state index in [1.54, 1.807) is 6.20 Å². The van der Waals surface area contributed by atoms with Crippen molar-refractivity contribution < 1.29 is 9.84 Å². The molecular weight excluding hydrogens is 216 g/mol. The highest BCUT2D eigenvalue weighted by molar-refractivity contribution is 5.33. The van der Waals surface area contributed by atoms with Crippen molar-refractivity contribution in [1.82, 2.24) is 10.3 Å². The number of hydrogen-bond donors (Lipinski definition) is 2. The summed E-state index contributed by atoms with van der Waals surface area (Å²) in [5.74, 6) is 6.42. The highest BCUT2D eigenvalue weighted by atomic mass is 16.5. The van der Waals surface area contributed by atoms with Crippen LogP contribution in [0.1, 0.15) is 18.4 Å². The third-order valence-electron chi connectivity index (χ3n) is 2.51. The van der Waals surface area contributed by atoms with Crippen LogP contribution in [0.2, 0.25) is 0 Å². The minimum atomic E-state index is 0.0936. The molecule has 90 valence electrons. The molecule has 2 rings (SSSR count). The maximum atomic E-state index is 8.60. The fourth-order valence-electron chi connectivity index (χ4n) is 1.64. The number of pyridine rings is 1. The first-order valence-electron chi connectivity index (χ1n) is 5.81. The summed E-state index contributed by atoms with van der Waals surface area (Å²) in [6.07, 6.45) is 3.45. The zero-order valence-corrected chi connectivity index (χ0v) is 9.65. The van der Waals surface area contributed by atoms with E-state index in [9.17, 15) is 0 Å². The first-order valence-corrected chi connectivity index (χ1v) is 5.81. The second-order valence-electron chi connectivity index (χ2n) is 3.89. The standard InChI is InChI=1S/C13H16N2O2/c16-8-2-1-3-11-4-5-13(15-9-11)17-12-6-7-14-10-12/h4-5,9,12,14,16H,2,6-8,10H2. The Morgan fingerprint density at radius 2 is 2.47 bits per heavy atom. The van der Waals surface area contributed by atoms with Crippen molar-refractivity contribution in [2.24, 2.45) is 0 Å². The normalized spacial score (nSPS) is 18.5. The molecule has 2 heterocycles. The maximum absolute atomic E-state index is 8.60. The summed E-state index contributed by atoms with van der Waals surface area (Å²) in [5.41, 5.74) is 0.843. The molecule has 0 aliphatic carbocycles. The van der Waals surface area contributed by atoms with Crippen LogP contribution < -0.4 is 10.1 Å². The van der Waals surface area contributed by atoms with Gasteiger partial charge in [-0.15, -0.1) is 0 Å². The van der Waals surface area contributed by atoms with Gasteiger partial charge in [0.05, 0.1) is 6.61 Å². The molecule has 4 heteroatoms. The fourth-order valence-corrected chi connectivity index (χ4v) is 1.64. The van der Waals surface area contributed by atoms with Gasteiger partial charge in [0.2, 0.25) is 5.88 Å². The van der Waals surface area contributed by atoms with Crippen molar-refractivity contribution >= 4 is 0 Å². The quantitative estimate of drug-likeness (QED) is 0.748. The van der Waals surface area contributed by atoms with E-state index in [0.717, 1.165) is 25.1 Å². The molecule has 4 nitrogen and oxygen atoms in total. The molecule has 0 spiro atoms. The molecule has 17 heavy (non-hydrogen) atoms. The number of nitrogens with zero attached hydrogens (tertiary/aromatic N) is 1. The zero-order chi connectivity index (χ0) is 11.9. The van der Waals surface area contributed by atoms with Gasteiger partial charge in [-0.2, -0.15) is 0 Å². The first-order chi connectivity index (χ1) is 8.38. The zero-order valence-electron chi connectivity index (χ0n) is 9.65. The smallest absolute Gasteiger partial charge is 0.213 e. The summed E-state index contributed by atoms with van der Waals surface area (Å²) >= 11 is 0. The lowest BCUT2D eigenvalue weighted by molar-refractivity contribution is 0.214. The van der Waals surface area contributed by atoms with E-state index < -0.39 is 0 Å². The van der Waals surface area contributed by atoms with Crippen molar-refractivity contribution in [3.63, 3.8) is 0 Å². The van der Waals surface area contributed by atoms with Gasteiger partial charge in [-0.25, -0.2) is 4.98 Å². The topological polar surface area (TPSA) is 54.4 Å². The molecule has 0 bridgehead atoms. The van der Waals surface area contributed by atoms with Crippen LogP contribution in [0.3, 0.4) is 0 Å². The number of ether oxygens (including phenoxy) is 1. The third-order valence-corrected chi connectivity index (χ3v) is 2.51. The number of nitrogens with one attached hydrogen (secondary N) is 1. The van der Waals surface area contributed by atoms with Gasteiger partial charge in [0.25, 0.3) is 0 Å². The van der Waals surface area contributed by atoms with Crippen LogP contribution in [0.15, 0.2) is 18.3 Å². The molecule has 1 unspecified atom stereocenters.